The molecule has 1 aromatic rings. The predicted octanol–water partition coefficient (Wildman–Crippen LogP) is 3.38. The molecule has 0 amide bonds. The normalized spacial score (nSPS) is 10.1. The molecule has 20 heavy (non-hydrogen) atoms. The van der Waals surface area contributed by atoms with Crippen LogP contribution in [0.2, 0.25) is 0 Å². The molecular formula is C14H19NO5. The Bertz CT molecular complexity index is 473. The van der Waals surface area contributed by atoms with Crippen LogP contribution in [0.5, 0.6) is 11.5 Å². The predicted molar refractivity (Wildman–Crippen MR) is 74.7 cm³/mol. The molecule has 6 nitrogen and oxygen atoms in total. The van der Waals surface area contributed by atoms with Crippen LogP contribution < -0.4 is 9.47 Å². The smallest absolute Gasteiger partial charge is 0.315 e. The van der Waals surface area contributed by atoms with Crippen LogP contribution in [0.15, 0.2) is 12.1 Å². The number of hydrogen-bond donors (Lipinski definition) is 0. The first kappa shape index (κ1) is 15.9. The van der Waals surface area contributed by atoms with Crippen molar-refractivity contribution in [2.75, 3.05) is 13.7 Å². The van der Waals surface area contributed by atoms with Gasteiger partial charge in [-0.3, -0.25) is 14.9 Å². The van der Waals surface area contributed by atoms with Crippen LogP contribution in [0.25, 0.3) is 0 Å². The van der Waals surface area contributed by atoms with Crippen molar-refractivity contribution in [2.24, 2.45) is 0 Å². The molecule has 0 aliphatic carbocycles. The van der Waals surface area contributed by atoms with E-state index in [-0.39, 0.29) is 22.7 Å². The van der Waals surface area contributed by atoms with E-state index in [2.05, 4.69) is 6.92 Å². The zero-order chi connectivity index (χ0) is 15.0. The van der Waals surface area contributed by atoms with E-state index in [0.717, 1.165) is 25.7 Å². The number of unbranched alkanes of at least 4 members (excludes halogenated alkanes) is 3. The van der Waals surface area contributed by atoms with Crippen molar-refractivity contribution < 1.29 is 19.2 Å². The van der Waals surface area contributed by atoms with Gasteiger partial charge < -0.3 is 9.47 Å². The molecule has 1 aromatic carbocycles. The van der Waals surface area contributed by atoms with Gasteiger partial charge in [0, 0.05) is 11.6 Å². The number of methoxy groups -OCH3 is 1. The Balaban J connectivity index is 2.91. The lowest BCUT2D eigenvalue weighted by Crippen LogP contribution is -2.03. The van der Waals surface area contributed by atoms with Crippen molar-refractivity contribution in [3.63, 3.8) is 0 Å². The molecule has 0 aromatic heterocycles. The van der Waals surface area contributed by atoms with E-state index >= 15 is 0 Å². The Morgan fingerprint density at radius 2 is 2.05 bits per heavy atom. The number of nitro groups is 1. The van der Waals surface area contributed by atoms with Crippen LogP contribution in [0, 0.1) is 10.1 Å². The molecule has 1 rings (SSSR count). The Labute approximate surface area is 117 Å². The van der Waals surface area contributed by atoms with E-state index in [4.69, 9.17) is 9.47 Å². The third-order valence-electron chi connectivity index (χ3n) is 2.85. The van der Waals surface area contributed by atoms with Gasteiger partial charge in [-0.15, -0.1) is 0 Å². The Morgan fingerprint density at radius 3 is 2.60 bits per heavy atom. The van der Waals surface area contributed by atoms with Gasteiger partial charge in [-0.05, 0) is 12.5 Å². The molecule has 0 fully saturated rings. The van der Waals surface area contributed by atoms with E-state index < -0.39 is 4.92 Å². The summed E-state index contributed by atoms with van der Waals surface area (Å²) in [6, 6.07) is 2.62. The van der Waals surface area contributed by atoms with Crippen LogP contribution in [-0.4, -0.2) is 24.9 Å². The van der Waals surface area contributed by atoms with Crippen molar-refractivity contribution >= 4 is 12.0 Å². The maximum atomic E-state index is 11.0. The highest BCUT2D eigenvalue weighted by molar-refractivity contribution is 5.79. The third kappa shape index (κ3) is 4.22. The van der Waals surface area contributed by atoms with Crippen molar-refractivity contribution in [3.05, 3.63) is 27.8 Å². The van der Waals surface area contributed by atoms with E-state index in [1.54, 1.807) is 0 Å². The lowest BCUT2D eigenvalue weighted by molar-refractivity contribution is -0.386. The minimum Gasteiger partial charge on any atom is -0.493 e. The van der Waals surface area contributed by atoms with Gasteiger partial charge in [0.15, 0.2) is 5.75 Å². The number of nitrogens with zero attached hydrogens (tertiary/aromatic N) is 1. The van der Waals surface area contributed by atoms with E-state index in [1.165, 1.54) is 19.2 Å². The minimum atomic E-state index is -0.573. The maximum absolute atomic E-state index is 11.0. The monoisotopic (exact) mass is 281 g/mol. The Hall–Kier alpha value is -2.11. The summed E-state index contributed by atoms with van der Waals surface area (Å²) >= 11 is 0. The van der Waals surface area contributed by atoms with Gasteiger partial charge >= 0.3 is 5.69 Å². The van der Waals surface area contributed by atoms with Crippen molar-refractivity contribution in [2.45, 2.75) is 32.6 Å². The third-order valence-corrected chi connectivity index (χ3v) is 2.85. The molecule has 0 spiro atoms. The fraction of sp³-hybridized carbons (Fsp3) is 0.500. The van der Waals surface area contributed by atoms with E-state index in [9.17, 15) is 14.9 Å². The molecular weight excluding hydrogens is 262 g/mol. The van der Waals surface area contributed by atoms with E-state index in [0.29, 0.717) is 12.9 Å². The number of aldehydes is 1. The molecule has 0 N–H and O–H groups in total. The van der Waals surface area contributed by atoms with Crippen LogP contribution in [-0.2, 0) is 0 Å². The van der Waals surface area contributed by atoms with Crippen LogP contribution in [0.3, 0.4) is 0 Å². The largest absolute Gasteiger partial charge is 0.493 e. The number of carbonyl (C=O) groups is 1. The van der Waals surface area contributed by atoms with Gasteiger partial charge in [-0.25, -0.2) is 0 Å². The Kier molecular flexibility index (Phi) is 6.49. The molecule has 6 heteroatoms. The van der Waals surface area contributed by atoms with Gasteiger partial charge in [0.05, 0.1) is 18.6 Å². The quantitative estimate of drug-likeness (QED) is 0.300. The molecule has 0 saturated heterocycles. The summed E-state index contributed by atoms with van der Waals surface area (Å²) in [7, 11) is 1.39. The van der Waals surface area contributed by atoms with E-state index in [1.807, 2.05) is 0 Å². The van der Waals surface area contributed by atoms with Gasteiger partial charge in [0.25, 0.3) is 0 Å². The highest BCUT2D eigenvalue weighted by Crippen LogP contribution is 2.38. The number of carbonyl (C=O) groups excluding carboxylic acids is 1. The molecule has 0 saturated carbocycles. The Morgan fingerprint density at radius 1 is 1.30 bits per heavy atom. The summed E-state index contributed by atoms with van der Waals surface area (Å²) < 4.78 is 10.6. The fourth-order valence-corrected chi connectivity index (χ4v) is 1.81. The minimum absolute atomic E-state index is 0.0830. The second-order valence-electron chi connectivity index (χ2n) is 4.36. The fourth-order valence-electron chi connectivity index (χ4n) is 1.81. The number of benzene rings is 1. The molecule has 0 aliphatic heterocycles. The standard InChI is InChI=1S/C14H19NO5/c1-3-4-5-6-7-20-14-12(15(17)18)8-11(10-16)9-13(14)19-2/h8-10H,3-7H2,1-2H3. The summed E-state index contributed by atoms with van der Waals surface area (Å²) in [6.07, 6.45) is 4.59. The van der Waals surface area contributed by atoms with Crippen LogP contribution >= 0.6 is 0 Å². The first-order chi connectivity index (χ1) is 9.63. The van der Waals surface area contributed by atoms with Crippen LogP contribution in [0.4, 0.5) is 5.69 Å². The zero-order valence-corrected chi connectivity index (χ0v) is 11.8. The van der Waals surface area contributed by atoms with Crippen LogP contribution in [0.1, 0.15) is 43.0 Å². The molecule has 0 atom stereocenters. The lowest BCUT2D eigenvalue weighted by Gasteiger charge is -2.11. The number of nitro benzene ring substituents is 1. The molecule has 0 radical (unpaired) electrons. The van der Waals surface area contributed by atoms with Gasteiger partial charge in [0.2, 0.25) is 5.75 Å². The topological polar surface area (TPSA) is 78.7 Å². The summed E-state index contributed by atoms with van der Waals surface area (Å²) in [5, 5.41) is 11.0. The summed E-state index contributed by atoms with van der Waals surface area (Å²) in [6.45, 7) is 2.49. The van der Waals surface area contributed by atoms with Crippen molar-refractivity contribution in [3.8, 4) is 11.5 Å². The molecule has 0 heterocycles. The molecule has 0 unspecified atom stereocenters. The first-order valence-electron chi connectivity index (χ1n) is 6.58. The average molecular weight is 281 g/mol. The average Bonchev–Trinajstić information content (AvgIpc) is 2.46. The number of hydrogen-bond acceptors (Lipinski definition) is 5. The maximum Gasteiger partial charge on any atom is 0.315 e. The summed E-state index contributed by atoms with van der Waals surface area (Å²) in [5.41, 5.74) is -0.0613. The summed E-state index contributed by atoms with van der Waals surface area (Å²) in [5.74, 6) is 0.288. The van der Waals surface area contributed by atoms with Gasteiger partial charge in [-0.1, -0.05) is 26.2 Å². The lowest BCUT2D eigenvalue weighted by atomic mass is 10.2. The molecule has 110 valence electrons. The SMILES string of the molecule is CCCCCCOc1c(OC)cc(C=O)cc1[N+](=O)[O-]. The van der Waals surface area contributed by atoms with Crippen molar-refractivity contribution in [1.29, 1.82) is 0 Å². The molecule has 0 bridgehead atoms. The highest BCUT2D eigenvalue weighted by atomic mass is 16.6. The number of ether oxygens (including phenoxy) is 2. The second-order valence-corrected chi connectivity index (χ2v) is 4.36. The summed E-state index contributed by atoms with van der Waals surface area (Å²) in [4.78, 5) is 21.2. The van der Waals surface area contributed by atoms with Gasteiger partial charge in [-0.2, -0.15) is 0 Å². The first-order valence-corrected chi connectivity index (χ1v) is 6.58. The second kappa shape index (κ2) is 8.14. The highest BCUT2D eigenvalue weighted by Gasteiger charge is 2.22. The zero-order valence-electron chi connectivity index (χ0n) is 11.8. The molecule has 0 aliphatic rings. The van der Waals surface area contributed by atoms with Crippen molar-refractivity contribution in [1.82, 2.24) is 0 Å². The van der Waals surface area contributed by atoms with Gasteiger partial charge in [0.1, 0.15) is 6.29 Å². The number of rotatable bonds is 9.